The molecular formula is C21H23ClF4N6O2. The van der Waals surface area contributed by atoms with Crippen LogP contribution >= 0.6 is 11.6 Å². The van der Waals surface area contributed by atoms with Crippen molar-refractivity contribution >= 4 is 34.4 Å². The zero-order chi connectivity index (χ0) is 24.5. The van der Waals surface area contributed by atoms with E-state index in [-0.39, 0.29) is 34.1 Å². The molecule has 2 N–H and O–H groups in total. The molecule has 2 atom stereocenters. The molecule has 0 aromatic carbocycles. The molecule has 34 heavy (non-hydrogen) atoms. The summed E-state index contributed by atoms with van der Waals surface area (Å²) in [5.74, 6) is -1.86. The van der Waals surface area contributed by atoms with E-state index in [9.17, 15) is 22.4 Å². The molecule has 1 unspecified atom stereocenters. The minimum absolute atomic E-state index is 0. The Morgan fingerprint density at radius 1 is 1.41 bits per heavy atom. The summed E-state index contributed by atoms with van der Waals surface area (Å²) in [6.07, 6.45) is 0.391. The van der Waals surface area contributed by atoms with Crippen molar-refractivity contribution in [2.24, 2.45) is 0 Å². The first-order chi connectivity index (χ1) is 16.2. The fourth-order valence-electron chi connectivity index (χ4n) is 3.76. The maximum atomic E-state index is 14.9. The van der Waals surface area contributed by atoms with E-state index in [2.05, 4.69) is 26.5 Å². The number of nitrogens with zero attached hydrogens (tertiary/aromatic N) is 4. The van der Waals surface area contributed by atoms with Crippen molar-refractivity contribution < 1.29 is 29.9 Å². The summed E-state index contributed by atoms with van der Waals surface area (Å²) in [6.45, 7) is 2.25. The highest BCUT2D eigenvalue weighted by molar-refractivity contribution is 6.31. The van der Waals surface area contributed by atoms with E-state index < -0.39 is 36.6 Å². The van der Waals surface area contributed by atoms with Gasteiger partial charge in [-0.05, 0) is 6.07 Å². The Morgan fingerprint density at radius 3 is 2.94 bits per heavy atom. The Bertz CT molecular complexity index is 1230. The van der Waals surface area contributed by atoms with E-state index in [0.717, 1.165) is 6.20 Å². The molecule has 1 fully saturated rings. The maximum absolute atomic E-state index is 14.9. The third-order valence-corrected chi connectivity index (χ3v) is 5.42. The molecule has 0 saturated carbocycles. The SMILES string of the molecule is C=CCOC1C[C@H](C(=O)NCC(F)(F)F)N(c2nc(-c3c[nH]c4ncc(Cl)cc34)ncc2F)C1.[HH].[HH]. The third kappa shape index (κ3) is 5.12. The summed E-state index contributed by atoms with van der Waals surface area (Å²) in [5.41, 5.74) is 1.00. The van der Waals surface area contributed by atoms with Crippen LogP contribution in [0.1, 0.15) is 9.27 Å². The molecule has 1 aliphatic heterocycles. The summed E-state index contributed by atoms with van der Waals surface area (Å²) in [7, 11) is 0. The van der Waals surface area contributed by atoms with Crippen LogP contribution in [0.4, 0.5) is 23.4 Å². The van der Waals surface area contributed by atoms with Crippen molar-refractivity contribution in [3.8, 4) is 11.4 Å². The fraction of sp³-hybridized carbons (Fsp3) is 0.333. The molecule has 0 bridgehead atoms. The lowest BCUT2D eigenvalue weighted by atomic mass is 10.2. The Hall–Kier alpha value is -3.25. The monoisotopic (exact) mass is 502 g/mol. The summed E-state index contributed by atoms with van der Waals surface area (Å²) in [4.78, 5) is 29.4. The van der Waals surface area contributed by atoms with E-state index in [4.69, 9.17) is 16.3 Å². The number of hydrogen-bond donors (Lipinski definition) is 2. The lowest BCUT2D eigenvalue weighted by Gasteiger charge is -2.25. The van der Waals surface area contributed by atoms with Crippen LogP contribution in [0.3, 0.4) is 0 Å². The number of H-pyrrole nitrogens is 1. The summed E-state index contributed by atoms with van der Waals surface area (Å²) >= 11 is 6.04. The molecule has 4 heterocycles. The number of amides is 1. The Morgan fingerprint density at radius 2 is 2.21 bits per heavy atom. The number of ether oxygens (including phenoxy) is 1. The van der Waals surface area contributed by atoms with Crippen molar-refractivity contribution in [2.75, 3.05) is 24.6 Å². The molecule has 0 aliphatic carbocycles. The Labute approximate surface area is 199 Å². The first kappa shape index (κ1) is 23.9. The van der Waals surface area contributed by atoms with Crippen LogP contribution < -0.4 is 10.2 Å². The minimum Gasteiger partial charge on any atom is -0.372 e. The van der Waals surface area contributed by atoms with Crippen molar-refractivity contribution in [3.63, 3.8) is 0 Å². The average Bonchev–Trinajstić information content (AvgIpc) is 3.40. The number of fused-ring (bicyclic) bond motifs is 1. The lowest BCUT2D eigenvalue weighted by Crippen LogP contribution is -2.46. The quantitative estimate of drug-likeness (QED) is 0.372. The van der Waals surface area contributed by atoms with Gasteiger partial charge < -0.3 is 19.9 Å². The topological polar surface area (TPSA) is 96.0 Å². The summed E-state index contributed by atoms with van der Waals surface area (Å²) < 4.78 is 58.3. The highest BCUT2D eigenvalue weighted by atomic mass is 35.5. The second-order valence-corrected chi connectivity index (χ2v) is 8.03. The maximum Gasteiger partial charge on any atom is 0.405 e. The molecule has 1 aliphatic rings. The van der Waals surface area contributed by atoms with Gasteiger partial charge in [0.1, 0.15) is 18.2 Å². The van der Waals surface area contributed by atoms with Gasteiger partial charge in [0, 0.05) is 39.2 Å². The molecule has 1 amide bonds. The molecule has 3 aromatic heterocycles. The van der Waals surface area contributed by atoms with E-state index in [1.54, 1.807) is 12.3 Å². The number of carbonyl (C=O) groups excluding carboxylic acids is 1. The number of carbonyl (C=O) groups is 1. The molecule has 0 spiro atoms. The van der Waals surface area contributed by atoms with Crippen LogP contribution in [-0.4, -0.2) is 63.9 Å². The van der Waals surface area contributed by atoms with E-state index in [0.29, 0.717) is 21.6 Å². The molecule has 3 aromatic rings. The zero-order valence-corrected chi connectivity index (χ0v) is 18.3. The van der Waals surface area contributed by atoms with Crippen LogP contribution in [0.2, 0.25) is 5.02 Å². The number of nitrogens with one attached hydrogen (secondary N) is 2. The van der Waals surface area contributed by atoms with Crippen LogP contribution in [0.15, 0.2) is 37.3 Å². The fourth-order valence-corrected chi connectivity index (χ4v) is 3.92. The summed E-state index contributed by atoms with van der Waals surface area (Å²) in [5, 5.41) is 2.83. The van der Waals surface area contributed by atoms with Gasteiger partial charge in [0.2, 0.25) is 5.91 Å². The van der Waals surface area contributed by atoms with Crippen LogP contribution in [0, 0.1) is 5.82 Å². The van der Waals surface area contributed by atoms with Crippen LogP contribution in [0.25, 0.3) is 22.4 Å². The number of alkyl halides is 3. The van der Waals surface area contributed by atoms with Crippen molar-refractivity contribution in [2.45, 2.75) is 24.7 Å². The molecular weight excluding hydrogens is 480 g/mol. The van der Waals surface area contributed by atoms with Gasteiger partial charge in [-0.2, -0.15) is 13.2 Å². The van der Waals surface area contributed by atoms with Gasteiger partial charge >= 0.3 is 6.18 Å². The van der Waals surface area contributed by atoms with Gasteiger partial charge in [0.25, 0.3) is 0 Å². The standard InChI is InChI=1S/C21H19ClF4N6O2.2H2/c1-2-3-34-12-5-16(20(33)30-10-21(24,25)26)32(9-12)19-15(23)8-29-18(31-19)14-7-28-17-13(14)4-11(22)6-27-17;;/h2,4,6-8,12,16H,1,3,5,9-10H2,(H,27,28)(H,30,33);2*1H/t12?,16-;;/m1../s1. The number of aromatic nitrogens is 4. The molecule has 13 heteroatoms. The molecule has 1 saturated heterocycles. The smallest absolute Gasteiger partial charge is 0.372 e. The first-order valence-electron chi connectivity index (χ1n) is 10.2. The predicted molar refractivity (Wildman–Crippen MR) is 121 cm³/mol. The molecule has 4 rings (SSSR count). The second kappa shape index (κ2) is 9.55. The van der Waals surface area contributed by atoms with Crippen LogP contribution in [0.5, 0.6) is 0 Å². The van der Waals surface area contributed by atoms with Gasteiger partial charge in [0.15, 0.2) is 17.5 Å². The van der Waals surface area contributed by atoms with Crippen molar-refractivity contribution in [1.82, 2.24) is 25.3 Å². The Kier molecular flexibility index (Phi) is 6.71. The van der Waals surface area contributed by atoms with E-state index >= 15 is 0 Å². The van der Waals surface area contributed by atoms with Gasteiger partial charge in [-0.15, -0.1) is 6.58 Å². The number of halogens is 5. The van der Waals surface area contributed by atoms with Crippen molar-refractivity contribution in [1.29, 1.82) is 0 Å². The van der Waals surface area contributed by atoms with Gasteiger partial charge in [0.05, 0.1) is 23.9 Å². The van der Waals surface area contributed by atoms with E-state index in [1.807, 2.05) is 5.32 Å². The van der Waals surface area contributed by atoms with Gasteiger partial charge in [-0.3, -0.25) is 4.79 Å². The average molecular weight is 503 g/mol. The highest BCUT2D eigenvalue weighted by Crippen LogP contribution is 2.32. The van der Waals surface area contributed by atoms with Crippen LogP contribution in [-0.2, 0) is 9.53 Å². The number of pyridine rings is 1. The van der Waals surface area contributed by atoms with Gasteiger partial charge in [-0.25, -0.2) is 19.3 Å². The molecule has 8 nitrogen and oxygen atoms in total. The minimum atomic E-state index is -4.59. The van der Waals surface area contributed by atoms with Crippen molar-refractivity contribution in [3.05, 3.63) is 48.2 Å². The lowest BCUT2D eigenvalue weighted by molar-refractivity contribution is -0.139. The molecule has 0 radical (unpaired) electrons. The van der Waals surface area contributed by atoms with E-state index in [1.165, 1.54) is 17.2 Å². The third-order valence-electron chi connectivity index (χ3n) is 5.21. The number of aromatic amines is 1. The largest absolute Gasteiger partial charge is 0.405 e. The highest BCUT2D eigenvalue weighted by Gasteiger charge is 2.40. The second-order valence-electron chi connectivity index (χ2n) is 7.60. The number of hydrogen-bond acceptors (Lipinski definition) is 6. The summed E-state index contributed by atoms with van der Waals surface area (Å²) in [6, 6.07) is 0.512. The Balaban J connectivity index is 0.00000228. The predicted octanol–water partition coefficient (Wildman–Crippen LogP) is 4.13. The number of anilines is 1. The normalized spacial score (nSPS) is 18.4. The van der Waals surface area contributed by atoms with Gasteiger partial charge in [-0.1, -0.05) is 17.7 Å². The molecule has 184 valence electrons. The zero-order valence-electron chi connectivity index (χ0n) is 17.6. The number of rotatable bonds is 7. The first-order valence-corrected chi connectivity index (χ1v) is 10.5.